The van der Waals surface area contributed by atoms with Crippen molar-refractivity contribution in [3.05, 3.63) is 54.1 Å². The summed E-state index contributed by atoms with van der Waals surface area (Å²) in [5.41, 5.74) is 0.994. The Morgan fingerprint density at radius 1 is 1.06 bits per heavy atom. The molecule has 0 saturated heterocycles. The van der Waals surface area contributed by atoms with E-state index < -0.39 is 28.5 Å². The molecule has 0 bridgehead atoms. The first-order valence-electron chi connectivity index (χ1n) is 11.4. The first-order chi connectivity index (χ1) is 16.5. The molecule has 1 atom stereocenters. The Hall–Kier alpha value is -3.27. The molecule has 0 aliphatic heterocycles. The predicted octanol–water partition coefficient (Wildman–Crippen LogP) is 2.80. The number of rotatable bonds is 12. The summed E-state index contributed by atoms with van der Waals surface area (Å²) in [6.45, 7) is 6.99. The molecule has 10 heteroatoms. The summed E-state index contributed by atoms with van der Waals surface area (Å²) < 4.78 is 37.4. The van der Waals surface area contributed by atoms with Crippen LogP contribution in [0.5, 0.6) is 11.5 Å². The summed E-state index contributed by atoms with van der Waals surface area (Å²) in [5, 5.41) is 2.82. The number of hydrogen-bond acceptors (Lipinski definition) is 6. The molecular formula is C25H35N3O6S. The van der Waals surface area contributed by atoms with E-state index in [1.165, 1.54) is 4.90 Å². The monoisotopic (exact) mass is 505 g/mol. The van der Waals surface area contributed by atoms with Crippen LogP contribution in [0.3, 0.4) is 0 Å². The third-order valence-electron chi connectivity index (χ3n) is 5.20. The molecule has 2 rings (SSSR count). The van der Waals surface area contributed by atoms with E-state index in [0.29, 0.717) is 18.1 Å². The van der Waals surface area contributed by atoms with Crippen molar-refractivity contribution in [3.63, 3.8) is 0 Å². The van der Waals surface area contributed by atoms with Crippen LogP contribution < -0.4 is 19.1 Å². The highest BCUT2D eigenvalue weighted by Gasteiger charge is 2.31. The third-order valence-corrected chi connectivity index (χ3v) is 6.32. The van der Waals surface area contributed by atoms with Crippen LogP contribution in [-0.4, -0.2) is 63.7 Å². The minimum atomic E-state index is -3.85. The smallest absolute Gasteiger partial charge is 0.244 e. The van der Waals surface area contributed by atoms with Crippen LogP contribution in [-0.2, 0) is 26.2 Å². The van der Waals surface area contributed by atoms with Gasteiger partial charge in [0.1, 0.15) is 24.1 Å². The second-order valence-corrected chi connectivity index (χ2v) is 10.3. The summed E-state index contributed by atoms with van der Waals surface area (Å²) in [6.07, 6.45) is 1.03. The number of amides is 2. The highest BCUT2D eigenvalue weighted by atomic mass is 32.2. The van der Waals surface area contributed by atoms with Gasteiger partial charge in [-0.05, 0) is 57.5 Å². The van der Waals surface area contributed by atoms with Crippen molar-refractivity contribution in [3.8, 4) is 11.5 Å². The summed E-state index contributed by atoms with van der Waals surface area (Å²) in [6, 6.07) is 12.8. The maximum absolute atomic E-state index is 13.6. The number of ether oxygens (including phenoxy) is 2. The second-order valence-electron chi connectivity index (χ2n) is 8.38. The lowest BCUT2D eigenvalue weighted by atomic mass is 10.1. The molecule has 0 spiro atoms. The number of para-hydroxylation sites is 2. The summed E-state index contributed by atoms with van der Waals surface area (Å²) in [7, 11) is -2.31. The van der Waals surface area contributed by atoms with Crippen molar-refractivity contribution in [2.45, 2.75) is 46.3 Å². The van der Waals surface area contributed by atoms with Crippen LogP contribution in [0.15, 0.2) is 48.5 Å². The fourth-order valence-electron chi connectivity index (χ4n) is 3.49. The van der Waals surface area contributed by atoms with Crippen LogP contribution in [0.1, 0.15) is 33.3 Å². The number of nitrogens with one attached hydrogen (secondary N) is 1. The lowest BCUT2D eigenvalue weighted by molar-refractivity contribution is -0.139. The van der Waals surface area contributed by atoms with Gasteiger partial charge < -0.3 is 19.7 Å². The molecule has 0 fully saturated rings. The number of carbonyl (C=O) groups excluding carboxylic acids is 2. The van der Waals surface area contributed by atoms with Gasteiger partial charge in [-0.3, -0.25) is 13.9 Å². The van der Waals surface area contributed by atoms with Gasteiger partial charge in [-0.2, -0.15) is 0 Å². The quantitative estimate of drug-likeness (QED) is 0.476. The summed E-state index contributed by atoms with van der Waals surface area (Å²) in [4.78, 5) is 27.8. The minimum absolute atomic E-state index is 0.0907. The molecule has 0 saturated carbocycles. The van der Waals surface area contributed by atoms with Gasteiger partial charge in [-0.1, -0.05) is 24.3 Å². The van der Waals surface area contributed by atoms with E-state index in [-0.39, 0.29) is 24.2 Å². The number of benzene rings is 2. The zero-order valence-corrected chi connectivity index (χ0v) is 22.0. The van der Waals surface area contributed by atoms with Gasteiger partial charge in [0.2, 0.25) is 21.8 Å². The number of sulfonamides is 1. The van der Waals surface area contributed by atoms with Gasteiger partial charge in [-0.25, -0.2) is 8.42 Å². The highest BCUT2D eigenvalue weighted by molar-refractivity contribution is 7.92. The fraction of sp³-hybridized carbons (Fsp3) is 0.440. The molecule has 2 amide bonds. The van der Waals surface area contributed by atoms with Gasteiger partial charge in [-0.15, -0.1) is 0 Å². The van der Waals surface area contributed by atoms with E-state index >= 15 is 0 Å². The normalized spacial score (nSPS) is 12.1. The zero-order valence-electron chi connectivity index (χ0n) is 21.1. The van der Waals surface area contributed by atoms with E-state index in [0.717, 1.165) is 16.1 Å². The van der Waals surface area contributed by atoms with Gasteiger partial charge in [0.05, 0.1) is 25.7 Å². The van der Waals surface area contributed by atoms with Crippen LogP contribution >= 0.6 is 0 Å². The molecule has 0 aliphatic carbocycles. The van der Waals surface area contributed by atoms with E-state index in [2.05, 4.69) is 5.32 Å². The Labute approximate surface area is 208 Å². The minimum Gasteiger partial charge on any atom is -0.497 e. The molecule has 1 N–H and O–H groups in total. The lowest BCUT2D eigenvalue weighted by Gasteiger charge is -2.32. The molecule has 2 aromatic rings. The first kappa shape index (κ1) is 28.0. The lowest BCUT2D eigenvalue weighted by Crippen LogP contribution is -2.52. The summed E-state index contributed by atoms with van der Waals surface area (Å²) >= 11 is 0. The number of carbonyl (C=O) groups is 2. The SMILES string of the molecule is CCOc1ccccc1N(CC(=O)N(Cc1cccc(OC)c1)C(C)C(=O)NC(C)C)S(C)(=O)=O. The standard InChI is InChI=1S/C25H35N3O6S/c1-7-34-23-14-9-8-13-22(23)28(35(6,31)32)17-24(29)27(19(4)25(30)26-18(2)3)16-20-11-10-12-21(15-20)33-5/h8-15,18-19H,7,16-17H2,1-6H3,(H,26,30). The Morgan fingerprint density at radius 2 is 1.74 bits per heavy atom. The van der Waals surface area contributed by atoms with Crippen molar-refractivity contribution in [2.24, 2.45) is 0 Å². The Balaban J connectivity index is 2.45. The van der Waals surface area contributed by atoms with Gasteiger partial charge in [0.15, 0.2) is 0 Å². The fourth-order valence-corrected chi connectivity index (χ4v) is 4.34. The Bertz CT molecular complexity index is 1120. The molecule has 35 heavy (non-hydrogen) atoms. The molecule has 0 heterocycles. The molecule has 0 radical (unpaired) electrons. The van der Waals surface area contributed by atoms with Gasteiger partial charge >= 0.3 is 0 Å². The summed E-state index contributed by atoms with van der Waals surface area (Å²) in [5.74, 6) is 0.0866. The van der Waals surface area contributed by atoms with Crippen LogP contribution in [0.4, 0.5) is 5.69 Å². The van der Waals surface area contributed by atoms with Crippen LogP contribution in [0.25, 0.3) is 0 Å². The first-order valence-corrected chi connectivity index (χ1v) is 13.2. The molecule has 2 aromatic carbocycles. The third kappa shape index (κ3) is 7.88. The van der Waals surface area contributed by atoms with E-state index in [1.807, 2.05) is 19.9 Å². The van der Waals surface area contributed by atoms with E-state index in [9.17, 15) is 18.0 Å². The molecular weight excluding hydrogens is 470 g/mol. The van der Waals surface area contributed by atoms with E-state index in [1.54, 1.807) is 63.4 Å². The second kappa shape index (κ2) is 12.4. The Morgan fingerprint density at radius 3 is 2.34 bits per heavy atom. The van der Waals surface area contributed by atoms with Crippen LogP contribution in [0.2, 0.25) is 0 Å². The average Bonchev–Trinajstić information content (AvgIpc) is 2.80. The number of anilines is 1. The zero-order chi connectivity index (χ0) is 26.2. The van der Waals surface area contributed by atoms with Crippen molar-refractivity contribution in [1.82, 2.24) is 10.2 Å². The van der Waals surface area contributed by atoms with Crippen molar-refractivity contribution < 1.29 is 27.5 Å². The Kier molecular flexibility index (Phi) is 9.94. The molecule has 1 unspecified atom stereocenters. The van der Waals surface area contributed by atoms with Gasteiger partial charge in [0.25, 0.3) is 0 Å². The molecule has 192 valence electrons. The number of hydrogen-bond donors (Lipinski definition) is 1. The molecule has 0 aliphatic rings. The van der Waals surface area contributed by atoms with Crippen LogP contribution in [0, 0.1) is 0 Å². The van der Waals surface area contributed by atoms with Crippen molar-refractivity contribution in [1.29, 1.82) is 0 Å². The maximum Gasteiger partial charge on any atom is 0.244 e. The molecule has 9 nitrogen and oxygen atoms in total. The number of methoxy groups -OCH3 is 1. The average molecular weight is 506 g/mol. The largest absolute Gasteiger partial charge is 0.497 e. The predicted molar refractivity (Wildman–Crippen MR) is 136 cm³/mol. The number of nitrogens with zero attached hydrogens (tertiary/aromatic N) is 2. The molecule has 0 aromatic heterocycles. The van der Waals surface area contributed by atoms with Crippen molar-refractivity contribution in [2.75, 3.05) is 30.8 Å². The van der Waals surface area contributed by atoms with E-state index in [4.69, 9.17) is 9.47 Å². The maximum atomic E-state index is 13.6. The highest BCUT2D eigenvalue weighted by Crippen LogP contribution is 2.30. The topological polar surface area (TPSA) is 105 Å². The van der Waals surface area contributed by atoms with Gasteiger partial charge in [0, 0.05) is 12.6 Å². The van der Waals surface area contributed by atoms with Crippen molar-refractivity contribution >= 4 is 27.5 Å².